The Labute approximate surface area is 187 Å². The van der Waals surface area contributed by atoms with Gasteiger partial charge in [-0.15, -0.1) is 0 Å². The Hall–Kier alpha value is -2.69. The van der Waals surface area contributed by atoms with Crippen LogP contribution in [0.2, 0.25) is 10.0 Å². The van der Waals surface area contributed by atoms with Crippen molar-refractivity contribution in [1.82, 2.24) is 0 Å². The topological polar surface area (TPSA) is 50.4 Å². The number of benzene rings is 3. The van der Waals surface area contributed by atoms with Gasteiger partial charge < -0.3 is 15.4 Å². The van der Waals surface area contributed by atoms with Crippen molar-refractivity contribution >= 4 is 46.2 Å². The van der Waals surface area contributed by atoms with Crippen LogP contribution in [0.25, 0.3) is 0 Å². The molecule has 0 aliphatic rings. The van der Waals surface area contributed by atoms with Crippen molar-refractivity contribution < 1.29 is 9.53 Å². The number of hydrogen-bond acceptors (Lipinski definition) is 3. The van der Waals surface area contributed by atoms with Crippen molar-refractivity contribution in [1.29, 1.82) is 0 Å². The van der Waals surface area contributed by atoms with Gasteiger partial charge in [-0.2, -0.15) is 0 Å². The number of rotatable bonds is 8. The Kier molecular flexibility index (Phi) is 7.61. The van der Waals surface area contributed by atoms with E-state index >= 15 is 0 Å². The molecule has 156 valence electrons. The van der Waals surface area contributed by atoms with Crippen LogP contribution in [-0.2, 0) is 11.2 Å². The zero-order valence-electron chi connectivity index (χ0n) is 16.9. The van der Waals surface area contributed by atoms with Crippen molar-refractivity contribution in [3.8, 4) is 5.75 Å². The largest absolute Gasteiger partial charge is 0.491 e. The van der Waals surface area contributed by atoms with E-state index in [1.807, 2.05) is 48.5 Å². The zero-order chi connectivity index (χ0) is 21.5. The lowest BCUT2D eigenvalue weighted by Gasteiger charge is -2.16. The summed E-state index contributed by atoms with van der Waals surface area (Å²) in [5.74, 6) is 0.909. The van der Waals surface area contributed by atoms with E-state index in [-0.39, 0.29) is 12.3 Å². The smallest absolute Gasteiger partial charge is 0.228 e. The molecule has 0 fully saturated rings. The second-order valence-corrected chi connectivity index (χ2v) is 8.12. The van der Waals surface area contributed by atoms with Gasteiger partial charge in [0.25, 0.3) is 0 Å². The molecule has 0 spiro atoms. The van der Waals surface area contributed by atoms with E-state index < -0.39 is 0 Å². The predicted molar refractivity (Wildman–Crippen MR) is 125 cm³/mol. The van der Waals surface area contributed by atoms with E-state index in [0.29, 0.717) is 39.7 Å². The van der Waals surface area contributed by atoms with E-state index in [1.165, 1.54) is 0 Å². The van der Waals surface area contributed by atoms with Gasteiger partial charge in [0.2, 0.25) is 5.91 Å². The summed E-state index contributed by atoms with van der Waals surface area (Å²) in [7, 11) is 0. The average molecular weight is 443 g/mol. The maximum atomic E-state index is 12.8. The molecule has 1 amide bonds. The molecule has 3 aromatic carbocycles. The third-order valence-electron chi connectivity index (χ3n) is 4.32. The minimum atomic E-state index is -0.143. The quantitative estimate of drug-likeness (QED) is 0.396. The summed E-state index contributed by atoms with van der Waals surface area (Å²) in [5.41, 5.74) is 2.86. The van der Waals surface area contributed by atoms with Gasteiger partial charge in [-0.1, -0.05) is 73.4 Å². The lowest BCUT2D eigenvalue weighted by molar-refractivity contribution is -0.115. The van der Waals surface area contributed by atoms with Crippen molar-refractivity contribution in [3.63, 3.8) is 0 Å². The number of carbonyl (C=O) groups is 1. The van der Waals surface area contributed by atoms with Gasteiger partial charge in [-0.25, -0.2) is 0 Å². The molecule has 0 aliphatic carbocycles. The number of para-hydroxylation sites is 4. The van der Waals surface area contributed by atoms with Crippen LogP contribution >= 0.6 is 23.2 Å². The zero-order valence-corrected chi connectivity index (χ0v) is 18.4. The summed E-state index contributed by atoms with van der Waals surface area (Å²) in [4.78, 5) is 12.8. The van der Waals surface area contributed by atoms with Crippen LogP contribution in [-0.4, -0.2) is 12.5 Å². The maximum absolute atomic E-state index is 12.8. The number of carbonyl (C=O) groups excluding carboxylic acids is 1. The fraction of sp³-hybridized carbons (Fsp3) is 0.208. The Bertz CT molecular complexity index is 1000. The summed E-state index contributed by atoms with van der Waals surface area (Å²) < 4.78 is 5.82. The van der Waals surface area contributed by atoms with Crippen LogP contribution in [0.15, 0.2) is 66.7 Å². The van der Waals surface area contributed by atoms with Crippen molar-refractivity contribution in [2.24, 2.45) is 5.92 Å². The first-order chi connectivity index (χ1) is 14.4. The molecular formula is C24H24Cl2N2O2. The highest BCUT2D eigenvalue weighted by Gasteiger charge is 2.13. The lowest BCUT2D eigenvalue weighted by Crippen LogP contribution is -2.16. The summed E-state index contributed by atoms with van der Waals surface area (Å²) in [6.45, 7) is 4.74. The molecular weight excluding hydrogens is 419 g/mol. The van der Waals surface area contributed by atoms with Crippen molar-refractivity contribution in [2.45, 2.75) is 20.3 Å². The molecule has 0 aromatic heterocycles. The minimum Gasteiger partial charge on any atom is -0.491 e. The molecule has 0 atom stereocenters. The molecule has 0 aliphatic heterocycles. The third kappa shape index (κ3) is 5.91. The van der Waals surface area contributed by atoms with Crippen LogP contribution < -0.4 is 15.4 Å². The molecule has 30 heavy (non-hydrogen) atoms. The van der Waals surface area contributed by atoms with Gasteiger partial charge in [0.05, 0.1) is 34.4 Å². The Balaban J connectivity index is 1.74. The van der Waals surface area contributed by atoms with Gasteiger partial charge in [0.15, 0.2) is 0 Å². The standard InChI is InChI=1S/C24H24Cl2N2O2/c1-16(2)15-30-22-13-6-5-12-21(22)27-23(29)14-17-8-3-4-11-20(17)28-24-18(25)9-7-10-19(24)26/h3-13,16,28H,14-15H2,1-2H3,(H,27,29). The highest BCUT2D eigenvalue weighted by molar-refractivity contribution is 6.39. The molecule has 3 rings (SSSR count). The molecule has 4 nitrogen and oxygen atoms in total. The summed E-state index contributed by atoms with van der Waals surface area (Å²) >= 11 is 12.5. The lowest BCUT2D eigenvalue weighted by atomic mass is 10.1. The Morgan fingerprint density at radius 3 is 2.23 bits per heavy atom. The summed E-state index contributed by atoms with van der Waals surface area (Å²) in [6.07, 6.45) is 0.184. The van der Waals surface area contributed by atoms with Gasteiger partial charge in [-0.3, -0.25) is 4.79 Å². The number of nitrogens with one attached hydrogen (secondary N) is 2. The molecule has 6 heteroatoms. The van der Waals surface area contributed by atoms with Crippen molar-refractivity contribution in [2.75, 3.05) is 17.2 Å². The van der Waals surface area contributed by atoms with Crippen LogP contribution in [0.1, 0.15) is 19.4 Å². The number of amides is 1. The molecule has 2 N–H and O–H groups in total. The number of halogens is 2. The second-order valence-electron chi connectivity index (χ2n) is 7.30. The first-order valence-corrected chi connectivity index (χ1v) is 10.5. The summed E-state index contributed by atoms with van der Waals surface area (Å²) in [5, 5.41) is 7.23. The number of hydrogen-bond donors (Lipinski definition) is 2. The minimum absolute atomic E-state index is 0.143. The van der Waals surface area contributed by atoms with E-state index in [2.05, 4.69) is 24.5 Å². The summed E-state index contributed by atoms with van der Waals surface area (Å²) in [6, 6.07) is 20.3. The monoisotopic (exact) mass is 442 g/mol. The predicted octanol–water partition coefficient (Wildman–Crippen LogP) is 6.95. The Morgan fingerprint density at radius 2 is 1.53 bits per heavy atom. The number of anilines is 3. The maximum Gasteiger partial charge on any atom is 0.228 e. The van der Waals surface area contributed by atoms with Crippen LogP contribution in [0.4, 0.5) is 17.1 Å². The fourth-order valence-corrected chi connectivity index (χ4v) is 3.36. The highest BCUT2D eigenvalue weighted by Crippen LogP contribution is 2.34. The SMILES string of the molecule is CC(C)COc1ccccc1NC(=O)Cc1ccccc1Nc1c(Cl)cccc1Cl. The van der Waals surface area contributed by atoms with E-state index in [9.17, 15) is 4.79 Å². The van der Waals surface area contributed by atoms with Gasteiger partial charge in [-0.05, 0) is 41.8 Å². The molecule has 0 saturated carbocycles. The van der Waals surface area contributed by atoms with E-state index in [4.69, 9.17) is 27.9 Å². The average Bonchev–Trinajstić information content (AvgIpc) is 2.71. The molecule has 0 heterocycles. The van der Waals surface area contributed by atoms with Gasteiger partial charge in [0, 0.05) is 5.69 Å². The normalized spacial score (nSPS) is 10.7. The number of ether oxygens (including phenoxy) is 1. The van der Waals surface area contributed by atoms with E-state index in [0.717, 1.165) is 11.3 Å². The molecule has 3 aromatic rings. The molecule has 0 bridgehead atoms. The Morgan fingerprint density at radius 1 is 0.900 bits per heavy atom. The first-order valence-electron chi connectivity index (χ1n) is 9.74. The molecule has 0 saturated heterocycles. The second kappa shape index (κ2) is 10.4. The van der Waals surface area contributed by atoms with Crippen LogP contribution in [0, 0.1) is 5.92 Å². The van der Waals surface area contributed by atoms with Crippen molar-refractivity contribution in [3.05, 3.63) is 82.3 Å². The van der Waals surface area contributed by atoms with Crippen LogP contribution in [0.3, 0.4) is 0 Å². The van der Waals surface area contributed by atoms with Gasteiger partial charge >= 0.3 is 0 Å². The van der Waals surface area contributed by atoms with Gasteiger partial charge in [0.1, 0.15) is 5.75 Å². The van der Waals surface area contributed by atoms with Crippen LogP contribution in [0.5, 0.6) is 5.75 Å². The fourth-order valence-electron chi connectivity index (χ4n) is 2.87. The first kappa shape index (κ1) is 22.0. The highest BCUT2D eigenvalue weighted by atomic mass is 35.5. The molecule has 0 radical (unpaired) electrons. The molecule has 0 unspecified atom stereocenters. The third-order valence-corrected chi connectivity index (χ3v) is 4.95. The van der Waals surface area contributed by atoms with E-state index in [1.54, 1.807) is 18.2 Å².